The Morgan fingerprint density at radius 1 is 0.268 bits per heavy atom. The van der Waals surface area contributed by atoms with Gasteiger partial charge >= 0.3 is 0 Å². The molecule has 382 valence electrons. The lowest BCUT2D eigenvalue weighted by atomic mass is 9.33. The van der Waals surface area contributed by atoms with Crippen molar-refractivity contribution in [3.63, 3.8) is 0 Å². The summed E-state index contributed by atoms with van der Waals surface area (Å²) < 4.78 is 2.41. The largest absolute Gasteiger partial charge is 0.311 e. The highest BCUT2D eigenvalue weighted by Gasteiger charge is 2.43. The van der Waals surface area contributed by atoms with Gasteiger partial charge in [0.05, 0.1) is 16.7 Å². The number of hydrogen-bond donors (Lipinski definition) is 0. The molecular weight excluding hydrogens is 996 g/mol. The molecule has 0 saturated carbocycles. The Kier molecular flexibility index (Phi) is 11.2. The summed E-state index contributed by atoms with van der Waals surface area (Å²) in [6.07, 6.45) is 0. The van der Waals surface area contributed by atoms with Gasteiger partial charge < -0.3 is 14.4 Å². The van der Waals surface area contributed by atoms with Crippen LogP contribution in [0.5, 0.6) is 0 Å². The topological polar surface area (TPSA) is 50.1 Å². The monoisotopic (exact) mass is 1040 g/mol. The zero-order valence-electron chi connectivity index (χ0n) is 44.6. The van der Waals surface area contributed by atoms with Crippen molar-refractivity contribution >= 4 is 79.0 Å². The highest BCUT2D eigenvalue weighted by molar-refractivity contribution is 7.00. The molecule has 16 rings (SSSR count). The minimum absolute atomic E-state index is 0.0786. The van der Waals surface area contributed by atoms with Gasteiger partial charge in [-0.2, -0.15) is 0 Å². The first kappa shape index (κ1) is 47.1. The van der Waals surface area contributed by atoms with Crippen LogP contribution in [0.25, 0.3) is 95.0 Å². The van der Waals surface area contributed by atoms with Gasteiger partial charge in [0.15, 0.2) is 17.5 Å². The summed E-state index contributed by atoms with van der Waals surface area (Å²) in [6, 6.07) is 107. The molecule has 6 nitrogen and oxygen atoms in total. The molecule has 0 saturated heterocycles. The molecule has 0 atom stereocenters. The van der Waals surface area contributed by atoms with Gasteiger partial charge in [0.2, 0.25) is 0 Å². The predicted octanol–water partition coefficient (Wildman–Crippen LogP) is 17.1. The highest BCUT2D eigenvalue weighted by Crippen LogP contribution is 2.46. The van der Waals surface area contributed by atoms with Crippen LogP contribution >= 0.6 is 0 Å². The average Bonchev–Trinajstić information content (AvgIpc) is 3.55. The first-order chi connectivity index (χ1) is 40.7. The van der Waals surface area contributed by atoms with Gasteiger partial charge in [0, 0.05) is 67.2 Å². The van der Waals surface area contributed by atoms with E-state index in [0.29, 0.717) is 17.5 Å². The first-order valence-corrected chi connectivity index (χ1v) is 28.0. The molecule has 0 fully saturated rings. The van der Waals surface area contributed by atoms with Crippen LogP contribution in [0.2, 0.25) is 0 Å². The highest BCUT2D eigenvalue weighted by atomic mass is 15.2. The summed E-state index contributed by atoms with van der Waals surface area (Å²) in [4.78, 5) is 20.6. The van der Waals surface area contributed by atoms with Crippen LogP contribution in [0.4, 0.5) is 34.1 Å². The maximum atomic E-state index is 5.32. The molecule has 4 heterocycles. The second-order valence-electron chi connectivity index (χ2n) is 21.1. The number of para-hydroxylation sites is 6. The van der Waals surface area contributed by atoms with E-state index in [-0.39, 0.29) is 6.71 Å². The van der Waals surface area contributed by atoms with E-state index < -0.39 is 0 Å². The predicted molar refractivity (Wildman–Crippen MR) is 341 cm³/mol. The van der Waals surface area contributed by atoms with Crippen LogP contribution in [-0.4, -0.2) is 26.2 Å². The lowest BCUT2D eigenvalue weighted by Crippen LogP contribution is -2.61. The van der Waals surface area contributed by atoms with Crippen molar-refractivity contribution in [2.24, 2.45) is 0 Å². The molecular formula is C75H49BN6. The number of hydrogen-bond acceptors (Lipinski definition) is 5. The molecule has 7 heteroatoms. The fraction of sp³-hybridized carbons (Fsp3) is 0. The number of aromatic nitrogens is 4. The Morgan fingerprint density at radius 3 is 1.26 bits per heavy atom. The zero-order chi connectivity index (χ0) is 54.1. The molecule has 0 amide bonds. The molecule has 0 aliphatic carbocycles. The molecule has 2 aliphatic rings. The van der Waals surface area contributed by atoms with Crippen LogP contribution in [0.15, 0.2) is 297 Å². The SMILES string of the molecule is c1ccc(-c2nc(-c3ccccc3)nc(-c3cccc(-c4cccc(-c5cccc(-c6cccc(N7c8ccccc8B8c9ccccc9N(c9ccccc9)c9cccc7c98)c6)c5)c4)c3-n3c4ccccc4c4ccccc43)n2)cc1. The summed E-state index contributed by atoms with van der Waals surface area (Å²) in [6.45, 7) is 0.0786. The maximum Gasteiger partial charge on any atom is 0.252 e. The zero-order valence-corrected chi connectivity index (χ0v) is 44.6. The molecule has 0 radical (unpaired) electrons. The van der Waals surface area contributed by atoms with E-state index in [1.807, 2.05) is 36.4 Å². The smallest absolute Gasteiger partial charge is 0.252 e. The normalized spacial score (nSPS) is 12.3. The van der Waals surface area contributed by atoms with Crippen molar-refractivity contribution in [1.29, 1.82) is 0 Å². The van der Waals surface area contributed by atoms with E-state index in [1.165, 1.54) is 49.9 Å². The van der Waals surface area contributed by atoms with Crippen LogP contribution in [-0.2, 0) is 0 Å². The third-order valence-corrected chi connectivity index (χ3v) is 16.4. The number of anilines is 6. The Balaban J connectivity index is 0.825. The van der Waals surface area contributed by atoms with E-state index in [2.05, 4.69) is 275 Å². The molecule has 0 spiro atoms. The van der Waals surface area contributed by atoms with Crippen molar-refractivity contribution < 1.29 is 0 Å². The minimum atomic E-state index is 0.0786. The molecule has 0 N–H and O–H groups in total. The third kappa shape index (κ3) is 7.77. The van der Waals surface area contributed by atoms with Gasteiger partial charge in [-0.15, -0.1) is 0 Å². The van der Waals surface area contributed by atoms with E-state index in [1.54, 1.807) is 0 Å². The second-order valence-corrected chi connectivity index (χ2v) is 21.1. The summed E-state index contributed by atoms with van der Waals surface area (Å²) in [5, 5.41) is 2.35. The lowest BCUT2D eigenvalue weighted by molar-refractivity contribution is 1.06. The van der Waals surface area contributed by atoms with Crippen LogP contribution < -0.4 is 26.2 Å². The summed E-state index contributed by atoms with van der Waals surface area (Å²) >= 11 is 0. The van der Waals surface area contributed by atoms with Crippen molar-refractivity contribution in [3.05, 3.63) is 297 Å². The van der Waals surface area contributed by atoms with Gasteiger partial charge in [-0.3, -0.25) is 0 Å². The Labute approximate surface area is 476 Å². The van der Waals surface area contributed by atoms with Crippen LogP contribution in [0, 0.1) is 0 Å². The molecule has 12 aromatic carbocycles. The van der Waals surface area contributed by atoms with Crippen LogP contribution in [0.3, 0.4) is 0 Å². The minimum Gasteiger partial charge on any atom is -0.311 e. The van der Waals surface area contributed by atoms with E-state index in [0.717, 1.165) is 78.2 Å². The Hall–Kier alpha value is -10.9. The number of fused-ring (bicyclic) bond motifs is 7. The fourth-order valence-electron chi connectivity index (χ4n) is 12.8. The second kappa shape index (κ2) is 19.5. The number of nitrogens with zero attached hydrogens (tertiary/aromatic N) is 6. The van der Waals surface area contributed by atoms with Crippen molar-refractivity contribution in [3.8, 4) is 73.2 Å². The molecule has 82 heavy (non-hydrogen) atoms. The first-order valence-electron chi connectivity index (χ1n) is 28.0. The molecule has 0 bridgehead atoms. The summed E-state index contributed by atoms with van der Waals surface area (Å²) in [5.74, 6) is 1.83. The number of benzene rings is 12. The van der Waals surface area contributed by atoms with E-state index in [9.17, 15) is 0 Å². The lowest BCUT2D eigenvalue weighted by Gasteiger charge is -2.44. The molecule has 14 aromatic rings. The quantitative estimate of drug-likeness (QED) is 0.135. The molecule has 0 unspecified atom stereocenters. The standard InChI is InChI=1S/C75H49BN6/c1-4-23-50(24-5-1)73-77-74(51-25-6-2-7-26-51)79-75(78-73)62-38-21-37-59(72(62)82-65-41-14-10-35-60(65)61-36-11-15-42-66(61)82)56-31-19-29-54(48-56)52-27-18-28-53(47-52)55-30-20-34-58(49-55)81-68-44-17-13-40-64(68)76-63-39-12-16-43-67(63)80(57-32-8-3-9-33-57)69-45-22-46-70(81)71(69)76/h1-49H. The van der Waals surface area contributed by atoms with Crippen molar-refractivity contribution in [2.75, 3.05) is 9.80 Å². The van der Waals surface area contributed by atoms with Crippen molar-refractivity contribution in [1.82, 2.24) is 19.5 Å². The molecule has 2 aliphatic heterocycles. The third-order valence-electron chi connectivity index (χ3n) is 16.4. The Morgan fingerprint density at radius 2 is 0.659 bits per heavy atom. The number of rotatable bonds is 9. The van der Waals surface area contributed by atoms with E-state index in [4.69, 9.17) is 15.0 Å². The average molecular weight is 1050 g/mol. The Bertz CT molecular complexity index is 4680. The summed E-state index contributed by atoms with van der Waals surface area (Å²) in [5.41, 5.74) is 23.5. The van der Waals surface area contributed by atoms with Crippen LogP contribution in [0.1, 0.15) is 0 Å². The van der Waals surface area contributed by atoms with Crippen molar-refractivity contribution in [2.45, 2.75) is 0 Å². The van der Waals surface area contributed by atoms with Gasteiger partial charge in [-0.1, -0.05) is 218 Å². The fourth-order valence-corrected chi connectivity index (χ4v) is 12.8. The van der Waals surface area contributed by atoms with E-state index >= 15 is 0 Å². The van der Waals surface area contributed by atoms with Gasteiger partial charge in [-0.25, -0.2) is 15.0 Å². The van der Waals surface area contributed by atoms with Gasteiger partial charge in [-0.05, 0) is 123 Å². The molecule has 2 aromatic heterocycles. The maximum absolute atomic E-state index is 5.32. The summed E-state index contributed by atoms with van der Waals surface area (Å²) in [7, 11) is 0. The van der Waals surface area contributed by atoms with Gasteiger partial charge in [0.1, 0.15) is 0 Å². The van der Waals surface area contributed by atoms with Gasteiger partial charge in [0.25, 0.3) is 6.71 Å².